The van der Waals surface area contributed by atoms with E-state index in [0.29, 0.717) is 11.7 Å². The molecular formula is C19H18FN3OS. The van der Waals surface area contributed by atoms with Crippen LogP contribution < -0.4 is 10.6 Å². The van der Waals surface area contributed by atoms with Crippen LogP contribution in [0.1, 0.15) is 16.7 Å². The number of hydrogen-bond donors (Lipinski definition) is 2. The van der Waals surface area contributed by atoms with E-state index in [0.717, 1.165) is 22.4 Å². The first-order chi connectivity index (χ1) is 12.0. The topological polar surface area (TPSA) is 54.0 Å². The highest BCUT2D eigenvalue weighted by Crippen LogP contribution is 2.27. The van der Waals surface area contributed by atoms with Crippen molar-refractivity contribution < 1.29 is 9.18 Å². The van der Waals surface area contributed by atoms with E-state index in [4.69, 9.17) is 0 Å². The summed E-state index contributed by atoms with van der Waals surface area (Å²) in [5.74, 6) is -0.296. The maximum Gasteiger partial charge on any atom is 0.321 e. The number of aromatic nitrogens is 1. The quantitative estimate of drug-likeness (QED) is 0.700. The van der Waals surface area contributed by atoms with Crippen LogP contribution in [0.25, 0.3) is 11.3 Å². The molecule has 25 heavy (non-hydrogen) atoms. The highest BCUT2D eigenvalue weighted by Gasteiger charge is 2.09. The Balaban J connectivity index is 1.60. The molecule has 0 atom stereocenters. The minimum absolute atomic E-state index is 0.296. The standard InChI is InChI=1S/C19H18FN3OS/c1-12-3-8-16(13(2)9-12)17-11-25-19(22-17)23-18(24)21-10-14-4-6-15(20)7-5-14/h3-9,11H,10H2,1-2H3,(H2,21,22,23,24). The zero-order valence-electron chi connectivity index (χ0n) is 14.0. The van der Waals surface area contributed by atoms with Crippen molar-refractivity contribution in [2.75, 3.05) is 5.32 Å². The van der Waals surface area contributed by atoms with Crippen LogP contribution in [0.3, 0.4) is 0 Å². The summed E-state index contributed by atoms with van der Waals surface area (Å²) in [6.07, 6.45) is 0. The second-order valence-corrected chi connectivity index (χ2v) is 6.65. The number of carbonyl (C=O) groups is 1. The zero-order valence-corrected chi connectivity index (χ0v) is 14.8. The fraction of sp³-hybridized carbons (Fsp3) is 0.158. The van der Waals surface area contributed by atoms with Gasteiger partial charge in [-0.15, -0.1) is 11.3 Å². The number of carbonyl (C=O) groups excluding carboxylic acids is 1. The summed E-state index contributed by atoms with van der Waals surface area (Å²) in [5.41, 5.74) is 5.08. The molecule has 0 unspecified atom stereocenters. The van der Waals surface area contributed by atoms with Gasteiger partial charge in [-0.25, -0.2) is 14.2 Å². The van der Waals surface area contributed by atoms with Crippen LogP contribution in [-0.4, -0.2) is 11.0 Å². The Morgan fingerprint density at radius 1 is 1.16 bits per heavy atom. The molecule has 0 bridgehead atoms. The van der Waals surface area contributed by atoms with Gasteiger partial charge < -0.3 is 5.32 Å². The maximum absolute atomic E-state index is 12.9. The van der Waals surface area contributed by atoms with Gasteiger partial charge in [0.1, 0.15) is 5.82 Å². The maximum atomic E-state index is 12.9. The average molecular weight is 355 g/mol. The van der Waals surface area contributed by atoms with Crippen LogP contribution in [0.2, 0.25) is 0 Å². The Morgan fingerprint density at radius 2 is 1.92 bits per heavy atom. The second kappa shape index (κ2) is 7.44. The first-order valence-corrected chi connectivity index (χ1v) is 8.71. The lowest BCUT2D eigenvalue weighted by atomic mass is 10.0. The summed E-state index contributed by atoms with van der Waals surface area (Å²) in [6.45, 7) is 4.42. The number of nitrogens with one attached hydrogen (secondary N) is 2. The smallest absolute Gasteiger partial charge is 0.321 e. The highest BCUT2D eigenvalue weighted by atomic mass is 32.1. The summed E-state index contributed by atoms with van der Waals surface area (Å²) in [6, 6.07) is 11.9. The predicted molar refractivity (Wildman–Crippen MR) is 99.3 cm³/mol. The van der Waals surface area contributed by atoms with Crippen LogP contribution in [-0.2, 0) is 6.54 Å². The molecule has 0 spiro atoms. The highest BCUT2D eigenvalue weighted by molar-refractivity contribution is 7.14. The molecule has 0 aliphatic carbocycles. The van der Waals surface area contributed by atoms with Gasteiger partial charge in [-0.3, -0.25) is 5.32 Å². The summed E-state index contributed by atoms with van der Waals surface area (Å²) in [4.78, 5) is 16.5. The molecular weight excluding hydrogens is 337 g/mol. The van der Waals surface area contributed by atoms with Gasteiger partial charge in [0.05, 0.1) is 5.69 Å². The van der Waals surface area contributed by atoms with Crippen LogP contribution in [0.15, 0.2) is 47.8 Å². The third-order valence-corrected chi connectivity index (χ3v) is 4.51. The number of rotatable bonds is 4. The molecule has 3 aromatic rings. The van der Waals surface area contributed by atoms with E-state index in [2.05, 4.69) is 28.6 Å². The second-order valence-electron chi connectivity index (χ2n) is 5.79. The largest absolute Gasteiger partial charge is 0.334 e. The lowest BCUT2D eigenvalue weighted by Gasteiger charge is -2.06. The fourth-order valence-electron chi connectivity index (χ4n) is 2.48. The van der Waals surface area contributed by atoms with Gasteiger partial charge in [-0.1, -0.05) is 35.9 Å². The van der Waals surface area contributed by atoms with Gasteiger partial charge in [0.25, 0.3) is 0 Å². The van der Waals surface area contributed by atoms with Crippen LogP contribution in [0.4, 0.5) is 14.3 Å². The summed E-state index contributed by atoms with van der Waals surface area (Å²) < 4.78 is 12.9. The number of anilines is 1. The zero-order chi connectivity index (χ0) is 17.8. The van der Waals surface area contributed by atoms with Crippen molar-refractivity contribution in [1.29, 1.82) is 0 Å². The Morgan fingerprint density at radius 3 is 2.64 bits per heavy atom. The molecule has 2 N–H and O–H groups in total. The van der Waals surface area contributed by atoms with E-state index in [1.807, 2.05) is 24.4 Å². The van der Waals surface area contributed by atoms with E-state index >= 15 is 0 Å². The van der Waals surface area contributed by atoms with Gasteiger partial charge in [0, 0.05) is 17.5 Å². The van der Waals surface area contributed by atoms with Gasteiger partial charge in [-0.05, 0) is 37.1 Å². The number of thiazole rings is 1. The molecule has 1 aromatic heterocycles. The monoisotopic (exact) mass is 355 g/mol. The van der Waals surface area contributed by atoms with E-state index in [9.17, 15) is 9.18 Å². The molecule has 4 nitrogen and oxygen atoms in total. The first kappa shape index (κ1) is 17.1. The number of nitrogens with zero attached hydrogens (tertiary/aromatic N) is 1. The average Bonchev–Trinajstić information content (AvgIpc) is 3.02. The van der Waals surface area contributed by atoms with Gasteiger partial charge in [0.2, 0.25) is 0 Å². The minimum atomic E-state index is -0.342. The van der Waals surface area contributed by atoms with Crippen molar-refractivity contribution in [3.8, 4) is 11.3 Å². The first-order valence-electron chi connectivity index (χ1n) is 7.84. The number of benzene rings is 2. The molecule has 0 radical (unpaired) electrons. The summed E-state index contributed by atoms with van der Waals surface area (Å²) in [7, 11) is 0. The van der Waals surface area contributed by atoms with Crippen molar-refractivity contribution >= 4 is 22.5 Å². The molecule has 0 saturated heterocycles. The Labute approximate surface area is 149 Å². The molecule has 0 aliphatic rings. The van der Waals surface area contributed by atoms with E-state index in [1.54, 1.807) is 12.1 Å². The molecule has 6 heteroatoms. The number of hydrogen-bond acceptors (Lipinski definition) is 3. The Hall–Kier alpha value is -2.73. The van der Waals surface area contributed by atoms with E-state index in [1.165, 1.54) is 29.0 Å². The summed E-state index contributed by atoms with van der Waals surface area (Å²) in [5, 5.41) is 7.91. The van der Waals surface area contributed by atoms with E-state index in [-0.39, 0.29) is 11.8 Å². The van der Waals surface area contributed by atoms with Crippen molar-refractivity contribution in [1.82, 2.24) is 10.3 Å². The SMILES string of the molecule is Cc1ccc(-c2csc(NC(=O)NCc3ccc(F)cc3)n2)c(C)c1. The van der Waals surface area contributed by atoms with Gasteiger partial charge >= 0.3 is 6.03 Å². The van der Waals surface area contributed by atoms with Crippen LogP contribution in [0, 0.1) is 19.7 Å². The normalized spacial score (nSPS) is 10.5. The predicted octanol–water partition coefficient (Wildman–Crippen LogP) is 4.89. The number of amides is 2. The van der Waals surface area contributed by atoms with Crippen molar-refractivity contribution in [3.05, 3.63) is 70.4 Å². The van der Waals surface area contributed by atoms with Crippen molar-refractivity contribution in [3.63, 3.8) is 0 Å². The Kier molecular flexibility index (Phi) is 5.09. The molecule has 3 rings (SSSR count). The molecule has 128 valence electrons. The molecule has 0 aliphatic heterocycles. The molecule has 2 aromatic carbocycles. The third-order valence-electron chi connectivity index (χ3n) is 3.75. The minimum Gasteiger partial charge on any atom is -0.334 e. The van der Waals surface area contributed by atoms with Gasteiger partial charge in [0.15, 0.2) is 5.13 Å². The lowest BCUT2D eigenvalue weighted by Crippen LogP contribution is -2.28. The number of aryl methyl sites for hydroxylation is 2. The summed E-state index contributed by atoms with van der Waals surface area (Å²) >= 11 is 1.38. The van der Waals surface area contributed by atoms with Gasteiger partial charge in [-0.2, -0.15) is 0 Å². The van der Waals surface area contributed by atoms with E-state index < -0.39 is 0 Å². The lowest BCUT2D eigenvalue weighted by molar-refractivity contribution is 0.251. The fourth-order valence-corrected chi connectivity index (χ4v) is 3.19. The Bertz CT molecular complexity index is 890. The van der Waals surface area contributed by atoms with Crippen molar-refractivity contribution in [2.45, 2.75) is 20.4 Å². The molecule has 0 saturated carbocycles. The molecule has 1 heterocycles. The van der Waals surface area contributed by atoms with Crippen LogP contribution in [0.5, 0.6) is 0 Å². The number of urea groups is 1. The third kappa shape index (κ3) is 4.42. The van der Waals surface area contributed by atoms with Crippen LogP contribution >= 0.6 is 11.3 Å². The number of halogens is 1. The van der Waals surface area contributed by atoms with Crippen molar-refractivity contribution in [2.24, 2.45) is 0 Å². The molecule has 2 amide bonds. The molecule has 0 fully saturated rings.